The summed E-state index contributed by atoms with van der Waals surface area (Å²) in [7, 11) is 8.55. The van der Waals surface area contributed by atoms with Crippen molar-refractivity contribution < 1.29 is 72.1 Å². The minimum absolute atomic E-state index is 0.00636. The molecule has 28 nitrogen and oxygen atoms in total. The normalized spacial score (nSPS) is 25.8. The molecule has 1 aromatic carbocycles. The minimum Gasteiger partial charge on any atom is -0.391 e. The maximum atomic E-state index is 15.5. The van der Waals surface area contributed by atoms with Crippen molar-refractivity contribution >= 4 is 70.9 Å². The number of ether oxygens (including phenoxy) is 2. The molecule has 0 unspecified atom stereocenters. The number of nitrogens with zero attached hydrogens (tertiary/aromatic N) is 9. The molecule has 3 fully saturated rings. The number of likely N-dealkylation sites (tertiary alicyclic amines) is 1. The number of nitrogens with one attached hydrogen (secondary N) is 4. The van der Waals surface area contributed by atoms with Crippen LogP contribution in [-0.4, -0.2) is 301 Å². The number of likely N-dealkylation sites (N-methyl/N-ethyl adjacent to an activating group) is 6. The third-order valence-corrected chi connectivity index (χ3v) is 19.9. The van der Waals surface area contributed by atoms with E-state index >= 15 is 24.0 Å². The number of aliphatic hydroxyl groups is 1. The molecule has 0 saturated carbocycles. The maximum absolute atomic E-state index is 15.5. The van der Waals surface area contributed by atoms with Gasteiger partial charge in [-0.2, -0.15) is 0 Å². The molecule has 5 N–H and O–H groups in total. The van der Waals surface area contributed by atoms with Gasteiger partial charge in [0.25, 0.3) is 0 Å². The Hall–Kier alpha value is -7.30. The zero-order chi connectivity index (χ0) is 77.1. The summed E-state index contributed by atoms with van der Waals surface area (Å²) in [5.41, 5.74) is 0.654. The standard InChI is InChI=1S/C75H127N13O15/c1-19-22-31-88-46-64(91)81(14)59(41-49(6)7)67(93)77-55(72(98)87-32-27-24-28-33-87)45-63(90)80(13)57(20-2)66(92)76-54(40-48(4)5)70(96)85(18)62(43-51(10)11)74(100)84(17)61(44-53-29-25-23-26-30-53)68(94)78-56(47-103-39-36-86-34-37-102-38-35-86)71(97)82(15)58(21-3)73(99)83(16)60(42-50(8)9)69(95)79-65(52(12)89)75(88)101/h23,25-26,29-30,48-52,54-62,65,89H,19-22,24,27-28,31-47H2,1-18H3,(H,76,92)(H,77,93)(H,78,94)(H,79,95)/t52-,54+,55+,56+,57+,58+,59+,60+,61+,62+,65+/m1/s1. The Kier molecular flexibility index (Phi) is 37.0. The molecule has 103 heavy (non-hydrogen) atoms. The van der Waals surface area contributed by atoms with Crippen LogP contribution in [0.1, 0.15) is 166 Å². The average Bonchev–Trinajstić information content (AvgIpc) is 0.863. The van der Waals surface area contributed by atoms with Crippen LogP contribution in [0.5, 0.6) is 0 Å². The smallest absolute Gasteiger partial charge is 0.248 e. The van der Waals surface area contributed by atoms with E-state index in [-0.39, 0.29) is 88.4 Å². The number of unbranched alkanes of at least 4 members (excludes halogenated alkanes) is 1. The molecule has 3 saturated heterocycles. The molecule has 582 valence electrons. The van der Waals surface area contributed by atoms with Crippen molar-refractivity contribution in [3.8, 4) is 0 Å². The summed E-state index contributed by atoms with van der Waals surface area (Å²) in [6.07, 6.45) is 1.43. The Labute approximate surface area is 613 Å². The van der Waals surface area contributed by atoms with E-state index in [4.69, 9.17) is 9.47 Å². The van der Waals surface area contributed by atoms with Crippen LogP contribution in [0.15, 0.2) is 30.3 Å². The number of amides is 12. The largest absolute Gasteiger partial charge is 0.391 e. The molecule has 3 aliphatic rings. The molecule has 3 heterocycles. The second-order valence-electron chi connectivity index (χ2n) is 30.1. The van der Waals surface area contributed by atoms with Crippen molar-refractivity contribution in [3.05, 3.63) is 35.9 Å². The highest BCUT2D eigenvalue weighted by atomic mass is 16.5. The lowest BCUT2D eigenvalue weighted by molar-refractivity contribution is -0.152. The fourth-order valence-electron chi connectivity index (χ4n) is 13.5. The number of carbonyl (C=O) groups is 12. The van der Waals surface area contributed by atoms with Crippen molar-refractivity contribution in [2.75, 3.05) is 115 Å². The molecular weight excluding hydrogens is 1320 g/mol. The zero-order valence-electron chi connectivity index (χ0n) is 65.2. The van der Waals surface area contributed by atoms with Crippen LogP contribution in [0.3, 0.4) is 0 Å². The average molecular weight is 1450 g/mol. The van der Waals surface area contributed by atoms with Crippen molar-refractivity contribution in [1.82, 2.24) is 65.4 Å². The third kappa shape index (κ3) is 26.4. The van der Waals surface area contributed by atoms with Crippen LogP contribution in [0.25, 0.3) is 0 Å². The molecule has 0 bridgehead atoms. The van der Waals surface area contributed by atoms with Gasteiger partial charge in [-0.15, -0.1) is 0 Å². The Morgan fingerprint density at radius 3 is 1.54 bits per heavy atom. The van der Waals surface area contributed by atoms with Gasteiger partial charge in [0, 0.05) is 88.0 Å². The van der Waals surface area contributed by atoms with Gasteiger partial charge in [-0.25, -0.2) is 0 Å². The zero-order valence-corrected chi connectivity index (χ0v) is 65.2. The quantitative estimate of drug-likeness (QED) is 0.104. The molecule has 12 amide bonds. The van der Waals surface area contributed by atoms with Gasteiger partial charge in [-0.3, -0.25) is 62.4 Å². The summed E-state index contributed by atoms with van der Waals surface area (Å²) in [5, 5.41) is 22.8. The van der Waals surface area contributed by atoms with Crippen LogP contribution in [0.4, 0.5) is 0 Å². The first-order chi connectivity index (χ1) is 48.6. The minimum atomic E-state index is -1.65. The first-order valence-corrected chi connectivity index (χ1v) is 37.6. The Morgan fingerprint density at radius 1 is 0.515 bits per heavy atom. The predicted octanol–water partition coefficient (Wildman–Crippen LogP) is 2.91. The maximum Gasteiger partial charge on any atom is 0.248 e. The topological polar surface area (TPSA) is 321 Å². The van der Waals surface area contributed by atoms with Gasteiger partial charge in [0.15, 0.2) is 0 Å². The molecule has 3 aliphatic heterocycles. The Bertz CT molecular complexity index is 2940. The van der Waals surface area contributed by atoms with Gasteiger partial charge in [-0.05, 0) is 100 Å². The number of morpholine rings is 1. The van der Waals surface area contributed by atoms with Crippen LogP contribution in [0.2, 0.25) is 0 Å². The summed E-state index contributed by atoms with van der Waals surface area (Å²) in [5.74, 6) is -9.26. The van der Waals surface area contributed by atoms with Crippen molar-refractivity contribution in [1.29, 1.82) is 0 Å². The van der Waals surface area contributed by atoms with Gasteiger partial charge < -0.3 is 75.0 Å². The number of aliphatic hydroxyl groups excluding tert-OH is 1. The van der Waals surface area contributed by atoms with E-state index in [0.29, 0.717) is 77.2 Å². The van der Waals surface area contributed by atoms with E-state index < -0.39 is 150 Å². The van der Waals surface area contributed by atoms with Crippen LogP contribution in [-0.2, 0) is 73.4 Å². The van der Waals surface area contributed by atoms with E-state index in [1.165, 1.54) is 83.5 Å². The van der Waals surface area contributed by atoms with Gasteiger partial charge in [0.2, 0.25) is 70.9 Å². The SMILES string of the molecule is CCCCN1CC(=O)N(C)[C@@H](CC(C)C)C(=O)N[C@H](C(=O)N2CCCCC2)CC(=O)N(C)[C@@H](CC)C(=O)N[C@@H](CC(C)C)C(=O)N(C)[C@@H](CC(C)C)C(=O)N(C)[C@@H](Cc2ccccc2)C(=O)N[C@@H](COCCN2CCOCC2)C(=O)N(C)[C@@H](CC)C(=O)N(C)[C@@H](CC(C)C)C(=O)N[C@@H]([C@@H](C)O)C1=O. The first-order valence-electron chi connectivity index (χ1n) is 37.6. The Balaban J connectivity index is 1.98. The highest BCUT2D eigenvalue weighted by Crippen LogP contribution is 2.24. The summed E-state index contributed by atoms with van der Waals surface area (Å²) < 4.78 is 11.8. The van der Waals surface area contributed by atoms with E-state index in [1.807, 2.05) is 62.3 Å². The number of carbonyl (C=O) groups excluding carboxylic acids is 12. The highest BCUT2D eigenvalue weighted by molar-refractivity contribution is 6.00. The molecule has 1 aromatic rings. The first kappa shape index (κ1) is 88.1. The fourth-order valence-corrected chi connectivity index (χ4v) is 13.5. The third-order valence-electron chi connectivity index (χ3n) is 19.9. The molecular formula is C75H127N13O15. The molecule has 0 radical (unpaired) electrons. The lowest BCUT2D eigenvalue weighted by Crippen LogP contribution is -2.62. The molecule has 0 spiro atoms. The molecule has 28 heteroatoms. The number of hydrogen-bond donors (Lipinski definition) is 5. The fraction of sp³-hybridized carbons (Fsp3) is 0.760. The summed E-state index contributed by atoms with van der Waals surface area (Å²) in [6.45, 7) is 24.1. The summed E-state index contributed by atoms with van der Waals surface area (Å²) in [4.78, 5) is 193. The van der Waals surface area contributed by atoms with Crippen LogP contribution < -0.4 is 21.3 Å². The molecule has 0 aromatic heterocycles. The van der Waals surface area contributed by atoms with Crippen LogP contribution >= 0.6 is 0 Å². The van der Waals surface area contributed by atoms with Gasteiger partial charge in [-0.1, -0.05) is 113 Å². The highest BCUT2D eigenvalue weighted by Gasteiger charge is 2.44. The summed E-state index contributed by atoms with van der Waals surface area (Å²) in [6, 6.07) is -4.42. The second-order valence-corrected chi connectivity index (χ2v) is 30.1. The van der Waals surface area contributed by atoms with Gasteiger partial charge >= 0.3 is 0 Å². The Morgan fingerprint density at radius 2 is 0.990 bits per heavy atom. The molecule has 0 aliphatic carbocycles. The number of piperidine rings is 1. The monoisotopic (exact) mass is 1450 g/mol. The van der Waals surface area contributed by atoms with Crippen LogP contribution in [0, 0.1) is 23.7 Å². The van der Waals surface area contributed by atoms with E-state index in [1.54, 1.807) is 49.1 Å². The van der Waals surface area contributed by atoms with Crippen molar-refractivity contribution in [2.24, 2.45) is 23.7 Å². The predicted molar refractivity (Wildman–Crippen MR) is 392 cm³/mol. The number of hydrogen-bond acceptors (Lipinski definition) is 16. The van der Waals surface area contributed by atoms with E-state index in [2.05, 4.69) is 26.2 Å². The number of benzene rings is 1. The van der Waals surface area contributed by atoms with Gasteiger partial charge in [0.1, 0.15) is 60.4 Å². The number of rotatable bonds is 22. The lowest BCUT2D eigenvalue weighted by atomic mass is 9.96. The lowest BCUT2D eigenvalue weighted by Gasteiger charge is -2.38. The van der Waals surface area contributed by atoms with E-state index in [9.17, 15) is 38.7 Å². The van der Waals surface area contributed by atoms with Crippen molar-refractivity contribution in [3.63, 3.8) is 0 Å². The van der Waals surface area contributed by atoms with Crippen molar-refractivity contribution in [2.45, 2.75) is 233 Å². The second kappa shape index (κ2) is 43.2. The van der Waals surface area contributed by atoms with Gasteiger partial charge in [0.05, 0.1) is 45.5 Å². The molecule has 11 atom stereocenters. The summed E-state index contributed by atoms with van der Waals surface area (Å²) >= 11 is 0. The van der Waals surface area contributed by atoms with E-state index in [0.717, 1.165) is 6.42 Å². The molecule has 4 rings (SSSR count).